The van der Waals surface area contributed by atoms with Crippen LogP contribution in [0.2, 0.25) is 0 Å². The van der Waals surface area contributed by atoms with Crippen molar-refractivity contribution in [3.63, 3.8) is 0 Å². The van der Waals surface area contributed by atoms with E-state index < -0.39 is 13.2 Å². The second-order valence-electron chi connectivity index (χ2n) is 4.55. The Morgan fingerprint density at radius 3 is 2.04 bits per heavy atom. The Balaban J connectivity index is 2.42. The van der Waals surface area contributed by atoms with Gasteiger partial charge in [-0.25, -0.2) is 0 Å². The number of Topliss-reactive ketones (excluding diaryl/α,β-unsaturated/α-hetero) is 1. The summed E-state index contributed by atoms with van der Waals surface area (Å²) in [6.07, 6.45) is 0. The third-order valence-corrected chi connectivity index (χ3v) is 2.99. The van der Waals surface area contributed by atoms with Gasteiger partial charge in [0.15, 0.2) is 5.78 Å². The standard InChI is InChI=1S/C16H12F4O3/c1-9(21)11-4-7-14(23-16(19)20)13(8-11)10-2-5-12(6-3-10)22-15(17)18/h2-8,15-16H,1H3. The molecule has 0 saturated heterocycles. The zero-order valence-corrected chi connectivity index (χ0v) is 11.9. The predicted octanol–water partition coefficient (Wildman–Crippen LogP) is 4.76. The Bertz CT molecular complexity index is 684. The van der Waals surface area contributed by atoms with Crippen molar-refractivity contribution in [3.05, 3.63) is 48.0 Å². The first-order valence-electron chi connectivity index (χ1n) is 6.52. The normalized spacial score (nSPS) is 10.9. The minimum absolute atomic E-state index is 0.0669. The lowest BCUT2D eigenvalue weighted by atomic mass is 10.0. The first-order valence-corrected chi connectivity index (χ1v) is 6.52. The molecule has 2 aromatic carbocycles. The smallest absolute Gasteiger partial charge is 0.387 e. The van der Waals surface area contributed by atoms with Gasteiger partial charge in [0.25, 0.3) is 0 Å². The summed E-state index contributed by atoms with van der Waals surface area (Å²) in [5, 5.41) is 0. The van der Waals surface area contributed by atoms with Gasteiger partial charge in [-0.3, -0.25) is 4.79 Å². The number of ether oxygens (including phenoxy) is 2. The summed E-state index contributed by atoms with van der Waals surface area (Å²) in [5.74, 6) is -0.428. The number of hydrogen-bond acceptors (Lipinski definition) is 3. The molecule has 3 nitrogen and oxygen atoms in total. The topological polar surface area (TPSA) is 35.5 Å². The monoisotopic (exact) mass is 328 g/mol. The molecule has 0 bridgehead atoms. The lowest BCUT2D eigenvalue weighted by Gasteiger charge is -2.13. The average molecular weight is 328 g/mol. The number of rotatable bonds is 6. The number of ketones is 1. The summed E-state index contributed by atoms with van der Waals surface area (Å²) in [6.45, 7) is -4.65. The molecule has 0 N–H and O–H groups in total. The predicted molar refractivity (Wildman–Crippen MR) is 75.1 cm³/mol. The summed E-state index contributed by atoms with van der Waals surface area (Å²) in [5.41, 5.74) is 0.987. The summed E-state index contributed by atoms with van der Waals surface area (Å²) < 4.78 is 57.9. The largest absolute Gasteiger partial charge is 0.435 e. The van der Waals surface area contributed by atoms with Crippen LogP contribution in [0.3, 0.4) is 0 Å². The number of carbonyl (C=O) groups is 1. The first-order chi connectivity index (χ1) is 10.9. The maximum absolute atomic E-state index is 12.5. The molecular formula is C16H12F4O3. The molecule has 0 unspecified atom stereocenters. The molecular weight excluding hydrogens is 316 g/mol. The third kappa shape index (κ3) is 4.45. The molecule has 2 rings (SSSR count). The fraction of sp³-hybridized carbons (Fsp3) is 0.188. The summed E-state index contributed by atoms with van der Waals surface area (Å²) in [7, 11) is 0. The maximum Gasteiger partial charge on any atom is 0.387 e. The molecule has 0 aliphatic rings. The van der Waals surface area contributed by atoms with E-state index in [0.717, 1.165) is 0 Å². The molecule has 0 saturated carbocycles. The van der Waals surface area contributed by atoms with Crippen molar-refractivity contribution >= 4 is 5.78 Å². The van der Waals surface area contributed by atoms with E-state index in [4.69, 9.17) is 0 Å². The van der Waals surface area contributed by atoms with E-state index in [1.807, 2.05) is 0 Å². The quantitative estimate of drug-likeness (QED) is 0.566. The summed E-state index contributed by atoms with van der Waals surface area (Å²) in [6, 6.07) is 9.41. The van der Waals surface area contributed by atoms with Gasteiger partial charge in [0, 0.05) is 11.1 Å². The Kier molecular flexibility index (Phi) is 5.20. The van der Waals surface area contributed by atoms with Gasteiger partial charge in [-0.15, -0.1) is 0 Å². The van der Waals surface area contributed by atoms with Crippen LogP contribution in [0.25, 0.3) is 11.1 Å². The minimum atomic E-state index is -3.03. The van der Waals surface area contributed by atoms with Gasteiger partial charge in [0.05, 0.1) is 0 Å². The Hall–Kier alpha value is -2.57. The van der Waals surface area contributed by atoms with E-state index in [1.54, 1.807) is 0 Å². The van der Waals surface area contributed by atoms with Crippen LogP contribution >= 0.6 is 0 Å². The number of carbonyl (C=O) groups excluding carboxylic acids is 1. The van der Waals surface area contributed by atoms with Crippen LogP contribution in [0.5, 0.6) is 11.5 Å². The van der Waals surface area contributed by atoms with Crippen molar-refractivity contribution in [2.24, 2.45) is 0 Å². The Labute approximate surface area is 129 Å². The highest BCUT2D eigenvalue weighted by atomic mass is 19.3. The van der Waals surface area contributed by atoms with E-state index >= 15 is 0 Å². The number of benzene rings is 2. The van der Waals surface area contributed by atoms with E-state index in [1.165, 1.54) is 49.4 Å². The van der Waals surface area contributed by atoms with Crippen LogP contribution < -0.4 is 9.47 Å². The van der Waals surface area contributed by atoms with Crippen LogP contribution in [-0.2, 0) is 0 Å². The molecule has 23 heavy (non-hydrogen) atoms. The van der Waals surface area contributed by atoms with Gasteiger partial charge in [0.1, 0.15) is 11.5 Å². The van der Waals surface area contributed by atoms with Gasteiger partial charge in [-0.1, -0.05) is 12.1 Å². The highest BCUT2D eigenvalue weighted by Gasteiger charge is 2.14. The lowest BCUT2D eigenvalue weighted by Crippen LogP contribution is -2.04. The van der Waals surface area contributed by atoms with Gasteiger partial charge in [-0.2, -0.15) is 17.6 Å². The van der Waals surface area contributed by atoms with Crippen molar-refractivity contribution in [1.82, 2.24) is 0 Å². The van der Waals surface area contributed by atoms with Gasteiger partial charge >= 0.3 is 13.2 Å². The molecule has 0 aliphatic heterocycles. The van der Waals surface area contributed by atoms with Crippen molar-refractivity contribution in [2.45, 2.75) is 20.1 Å². The van der Waals surface area contributed by atoms with Crippen molar-refractivity contribution in [3.8, 4) is 22.6 Å². The molecule has 122 valence electrons. The number of halogens is 4. The maximum atomic E-state index is 12.5. The minimum Gasteiger partial charge on any atom is -0.435 e. The average Bonchev–Trinajstić information content (AvgIpc) is 2.47. The fourth-order valence-corrected chi connectivity index (χ4v) is 1.99. The Morgan fingerprint density at radius 2 is 1.52 bits per heavy atom. The van der Waals surface area contributed by atoms with Gasteiger partial charge in [0.2, 0.25) is 0 Å². The molecule has 0 amide bonds. The molecule has 0 aliphatic carbocycles. The third-order valence-electron chi connectivity index (χ3n) is 2.99. The van der Waals surface area contributed by atoms with Crippen LogP contribution in [0.1, 0.15) is 17.3 Å². The van der Waals surface area contributed by atoms with Crippen molar-refractivity contribution in [1.29, 1.82) is 0 Å². The zero-order chi connectivity index (χ0) is 17.0. The summed E-state index contributed by atoms with van der Waals surface area (Å²) >= 11 is 0. The lowest BCUT2D eigenvalue weighted by molar-refractivity contribution is -0.0505. The first kappa shape index (κ1) is 16.8. The fourth-order valence-electron chi connectivity index (χ4n) is 1.99. The van der Waals surface area contributed by atoms with Gasteiger partial charge in [-0.05, 0) is 42.8 Å². The Morgan fingerprint density at radius 1 is 0.913 bits per heavy atom. The SMILES string of the molecule is CC(=O)c1ccc(OC(F)F)c(-c2ccc(OC(F)F)cc2)c1. The van der Waals surface area contributed by atoms with Crippen LogP contribution in [0.15, 0.2) is 42.5 Å². The molecule has 7 heteroatoms. The van der Waals surface area contributed by atoms with E-state index in [-0.39, 0.29) is 22.8 Å². The molecule has 0 radical (unpaired) electrons. The van der Waals surface area contributed by atoms with Crippen molar-refractivity contribution < 1.29 is 31.8 Å². The highest BCUT2D eigenvalue weighted by Crippen LogP contribution is 2.33. The zero-order valence-electron chi connectivity index (χ0n) is 11.9. The van der Waals surface area contributed by atoms with Crippen LogP contribution in [0.4, 0.5) is 17.6 Å². The molecule has 0 atom stereocenters. The molecule has 0 spiro atoms. The second kappa shape index (κ2) is 7.13. The molecule has 0 heterocycles. The molecule has 2 aromatic rings. The van der Waals surface area contributed by atoms with Crippen LogP contribution in [0, 0.1) is 0 Å². The van der Waals surface area contributed by atoms with E-state index in [9.17, 15) is 22.4 Å². The summed E-state index contributed by atoms with van der Waals surface area (Å²) in [4.78, 5) is 11.4. The van der Waals surface area contributed by atoms with Gasteiger partial charge < -0.3 is 9.47 Å². The van der Waals surface area contributed by atoms with Crippen LogP contribution in [-0.4, -0.2) is 19.0 Å². The highest BCUT2D eigenvalue weighted by molar-refractivity contribution is 5.96. The number of alkyl halides is 4. The molecule has 0 aromatic heterocycles. The van der Waals surface area contributed by atoms with E-state index in [2.05, 4.69) is 9.47 Å². The second-order valence-corrected chi connectivity index (χ2v) is 4.55. The molecule has 0 fully saturated rings. The van der Waals surface area contributed by atoms with Crippen molar-refractivity contribution in [2.75, 3.05) is 0 Å². The number of hydrogen-bond donors (Lipinski definition) is 0. The van der Waals surface area contributed by atoms with E-state index in [0.29, 0.717) is 11.1 Å².